The van der Waals surface area contributed by atoms with Gasteiger partial charge < -0.3 is 4.74 Å². The van der Waals surface area contributed by atoms with Gasteiger partial charge in [0.2, 0.25) is 5.91 Å². The smallest absolute Gasteiger partial charge is 0.312 e. The van der Waals surface area contributed by atoms with Gasteiger partial charge >= 0.3 is 5.69 Å². The molecule has 0 spiro atoms. The molecule has 2 N–H and O–H groups in total. The van der Waals surface area contributed by atoms with Gasteiger partial charge in [-0.05, 0) is 25.0 Å². The Kier molecular flexibility index (Phi) is 4.09. The Morgan fingerprint density at radius 3 is 2.62 bits per heavy atom. The number of hydrogen-bond acceptors (Lipinski definition) is 6. The lowest BCUT2D eigenvalue weighted by molar-refractivity contribution is -0.386. The summed E-state index contributed by atoms with van der Waals surface area (Å²) in [7, 11) is -2.84. The van der Waals surface area contributed by atoms with Crippen LogP contribution in [0.25, 0.3) is 0 Å². The second-order valence-electron chi connectivity index (χ2n) is 4.46. The maximum Gasteiger partial charge on any atom is 0.312 e. The van der Waals surface area contributed by atoms with E-state index in [1.165, 1.54) is 13.2 Å². The lowest BCUT2D eigenvalue weighted by Crippen LogP contribution is -2.42. The van der Waals surface area contributed by atoms with Gasteiger partial charge in [0.05, 0.1) is 16.9 Å². The number of nitrogens with one attached hydrogen (secondary N) is 2. The summed E-state index contributed by atoms with van der Waals surface area (Å²) >= 11 is 0. The monoisotopic (exact) mass is 315 g/mol. The number of methoxy groups -OCH3 is 1. The topological polar surface area (TPSA) is 128 Å². The van der Waals surface area contributed by atoms with Crippen LogP contribution in [-0.2, 0) is 14.8 Å². The Morgan fingerprint density at radius 2 is 2.10 bits per heavy atom. The summed E-state index contributed by atoms with van der Waals surface area (Å²) in [6.45, 7) is 0. The molecule has 0 unspecified atom stereocenters. The molecule has 10 heteroatoms. The highest BCUT2D eigenvalue weighted by Gasteiger charge is 2.30. The molecular formula is C11H13N3O6S. The molecule has 21 heavy (non-hydrogen) atoms. The summed E-state index contributed by atoms with van der Waals surface area (Å²) in [5.41, 5.74) is 1.60. The Bertz CT molecular complexity index is 683. The Morgan fingerprint density at radius 1 is 1.43 bits per heavy atom. The number of carbonyl (C=O) groups excluding carboxylic acids is 1. The van der Waals surface area contributed by atoms with Crippen LogP contribution in [0.4, 0.5) is 5.69 Å². The van der Waals surface area contributed by atoms with E-state index >= 15 is 0 Å². The van der Waals surface area contributed by atoms with Crippen LogP contribution >= 0.6 is 0 Å². The van der Waals surface area contributed by atoms with Crippen molar-refractivity contribution < 1.29 is 22.9 Å². The lowest BCUT2D eigenvalue weighted by Gasteiger charge is -2.09. The minimum absolute atomic E-state index is 0.0547. The van der Waals surface area contributed by atoms with Crippen molar-refractivity contribution in [1.29, 1.82) is 0 Å². The zero-order valence-electron chi connectivity index (χ0n) is 11.0. The molecule has 0 radical (unpaired) electrons. The van der Waals surface area contributed by atoms with Crippen molar-refractivity contribution in [1.82, 2.24) is 10.3 Å². The summed E-state index contributed by atoms with van der Waals surface area (Å²) in [4.78, 5) is 23.1. The average Bonchev–Trinajstić information content (AvgIpc) is 3.28. The largest absolute Gasteiger partial charge is 0.490 e. The van der Waals surface area contributed by atoms with Gasteiger partial charge in [0, 0.05) is 12.0 Å². The highest BCUT2D eigenvalue weighted by molar-refractivity contribution is 7.89. The van der Waals surface area contributed by atoms with Crippen LogP contribution < -0.4 is 15.0 Å². The van der Waals surface area contributed by atoms with Crippen molar-refractivity contribution in [3.8, 4) is 5.75 Å². The molecule has 0 heterocycles. The van der Waals surface area contributed by atoms with E-state index in [1.807, 2.05) is 4.83 Å². The summed E-state index contributed by atoms with van der Waals surface area (Å²) < 4.78 is 28.7. The Hall–Kier alpha value is -2.20. The van der Waals surface area contributed by atoms with E-state index < -0.39 is 26.5 Å². The summed E-state index contributed by atoms with van der Waals surface area (Å²) in [5.74, 6) is -0.638. The van der Waals surface area contributed by atoms with Crippen LogP contribution in [0, 0.1) is 16.0 Å². The molecule has 1 aliphatic carbocycles. The number of carbonyl (C=O) groups is 1. The van der Waals surface area contributed by atoms with Crippen molar-refractivity contribution in [2.75, 3.05) is 7.11 Å². The number of ether oxygens (including phenoxy) is 1. The van der Waals surface area contributed by atoms with Crippen molar-refractivity contribution in [3.63, 3.8) is 0 Å². The molecule has 2 rings (SSSR count). The Labute approximate surface area is 120 Å². The molecule has 1 fully saturated rings. The van der Waals surface area contributed by atoms with Crippen molar-refractivity contribution in [2.24, 2.45) is 5.92 Å². The van der Waals surface area contributed by atoms with Gasteiger partial charge in [-0.15, -0.1) is 4.83 Å². The van der Waals surface area contributed by atoms with Crippen LogP contribution in [-0.4, -0.2) is 26.4 Å². The number of hydrazine groups is 1. The molecule has 1 aromatic carbocycles. The predicted molar refractivity (Wildman–Crippen MR) is 70.8 cm³/mol. The first-order valence-corrected chi connectivity index (χ1v) is 7.47. The predicted octanol–water partition coefficient (Wildman–Crippen LogP) is 0.323. The first kappa shape index (κ1) is 15.2. The van der Waals surface area contributed by atoms with Gasteiger partial charge in [0.15, 0.2) is 5.75 Å². The molecule has 0 saturated heterocycles. The second-order valence-corrected chi connectivity index (χ2v) is 6.14. The molecule has 1 aliphatic rings. The molecule has 0 atom stereocenters. The van der Waals surface area contributed by atoms with Gasteiger partial charge in [-0.2, -0.15) is 0 Å². The minimum Gasteiger partial charge on any atom is -0.490 e. The number of nitro groups is 1. The molecule has 114 valence electrons. The van der Waals surface area contributed by atoms with Crippen molar-refractivity contribution >= 4 is 21.6 Å². The standard InChI is InChI=1S/C11H13N3O6S/c1-20-10-5-4-8(6-9(10)14(16)17)21(18,19)13-12-11(15)7-2-3-7/h4-7,13H,2-3H2,1H3,(H,12,15). The number of nitrogens with zero attached hydrogens (tertiary/aromatic N) is 1. The molecule has 9 nitrogen and oxygen atoms in total. The van der Waals surface area contributed by atoms with Gasteiger partial charge in [-0.1, -0.05) is 0 Å². The SMILES string of the molecule is COc1ccc(S(=O)(=O)NNC(=O)C2CC2)cc1[N+](=O)[O-]. The first-order chi connectivity index (χ1) is 9.85. The average molecular weight is 315 g/mol. The molecule has 1 amide bonds. The van der Waals surface area contributed by atoms with E-state index in [2.05, 4.69) is 5.43 Å². The van der Waals surface area contributed by atoms with Gasteiger partial charge in [0.25, 0.3) is 10.0 Å². The fraction of sp³-hybridized carbons (Fsp3) is 0.364. The number of amides is 1. The maximum absolute atomic E-state index is 12.0. The van der Waals surface area contributed by atoms with Gasteiger partial charge in [-0.3, -0.25) is 20.3 Å². The van der Waals surface area contributed by atoms with E-state index in [9.17, 15) is 23.3 Å². The van der Waals surface area contributed by atoms with Crippen LogP contribution in [0.15, 0.2) is 23.1 Å². The molecular weight excluding hydrogens is 302 g/mol. The highest BCUT2D eigenvalue weighted by Crippen LogP contribution is 2.30. The van der Waals surface area contributed by atoms with Crippen LogP contribution in [0.5, 0.6) is 5.75 Å². The third kappa shape index (κ3) is 3.47. The van der Waals surface area contributed by atoms with Crippen LogP contribution in [0.3, 0.4) is 0 Å². The molecule has 0 aliphatic heterocycles. The number of rotatable bonds is 6. The van der Waals surface area contributed by atoms with E-state index in [1.54, 1.807) is 0 Å². The second kappa shape index (κ2) is 5.66. The molecule has 1 saturated carbocycles. The number of nitro benzene ring substituents is 1. The van der Waals surface area contributed by atoms with E-state index in [0.29, 0.717) is 0 Å². The minimum atomic E-state index is -4.08. The fourth-order valence-corrected chi connectivity index (χ4v) is 2.47. The molecule has 1 aromatic rings. The van der Waals surface area contributed by atoms with Crippen molar-refractivity contribution in [2.45, 2.75) is 17.7 Å². The third-order valence-electron chi connectivity index (χ3n) is 2.91. The summed E-state index contributed by atoms with van der Waals surface area (Å²) in [6.07, 6.45) is 1.45. The molecule has 0 aromatic heterocycles. The number of benzene rings is 1. The normalized spacial score (nSPS) is 14.5. The summed E-state index contributed by atoms with van der Waals surface area (Å²) in [6, 6.07) is 3.19. The van der Waals surface area contributed by atoms with Gasteiger partial charge in [0.1, 0.15) is 0 Å². The van der Waals surface area contributed by atoms with Crippen LogP contribution in [0.2, 0.25) is 0 Å². The molecule has 0 bridgehead atoms. The number of hydrogen-bond donors (Lipinski definition) is 2. The Balaban J connectivity index is 2.20. The highest BCUT2D eigenvalue weighted by atomic mass is 32.2. The first-order valence-electron chi connectivity index (χ1n) is 5.99. The van der Waals surface area contributed by atoms with Crippen LogP contribution in [0.1, 0.15) is 12.8 Å². The quantitative estimate of drug-likeness (QED) is 0.575. The summed E-state index contributed by atoms with van der Waals surface area (Å²) in [5, 5.41) is 10.9. The zero-order valence-corrected chi connectivity index (χ0v) is 11.8. The maximum atomic E-state index is 12.0. The van der Waals surface area contributed by atoms with E-state index in [4.69, 9.17) is 4.74 Å². The van der Waals surface area contributed by atoms with E-state index in [0.717, 1.165) is 25.0 Å². The lowest BCUT2D eigenvalue weighted by atomic mass is 10.3. The van der Waals surface area contributed by atoms with E-state index in [-0.39, 0.29) is 16.6 Å². The van der Waals surface area contributed by atoms with Crippen molar-refractivity contribution in [3.05, 3.63) is 28.3 Å². The van der Waals surface area contributed by atoms with Gasteiger partial charge in [-0.25, -0.2) is 8.42 Å². The number of sulfonamides is 1. The third-order valence-corrected chi connectivity index (χ3v) is 4.16. The zero-order chi connectivity index (χ0) is 15.6. The fourth-order valence-electron chi connectivity index (χ4n) is 1.60.